The zero-order valence-corrected chi connectivity index (χ0v) is 12.9. The average molecular weight is 314 g/mol. The van der Waals surface area contributed by atoms with Crippen LogP contribution in [0.2, 0.25) is 5.02 Å². The van der Waals surface area contributed by atoms with Gasteiger partial charge in [0.05, 0.1) is 9.92 Å². The van der Waals surface area contributed by atoms with Gasteiger partial charge in [-0.25, -0.2) is 13.0 Å². The van der Waals surface area contributed by atoms with Crippen LogP contribution in [0.25, 0.3) is 0 Å². The predicted octanol–water partition coefficient (Wildman–Crippen LogP) is 2.55. The zero-order valence-electron chi connectivity index (χ0n) is 11.3. The second-order valence-electron chi connectivity index (χ2n) is 4.11. The molecular weight excluding hydrogens is 298 g/mol. The Balaban J connectivity index is 0.000000204. The normalized spacial score (nSPS) is 10.6. The highest BCUT2D eigenvalue weighted by molar-refractivity contribution is 7.85. The summed E-state index contributed by atoms with van der Waals surface area (Å²) in [4.78, 5) is -0.178. The fourth-order valence-corrected chi connectivity index (χ4v) is 1.94. The fourth-order valence-electron chi connectivity index (χ4n) is 1.35. The van der Waals surface area contributed by atoms with Crippen molar-refractivity contribution in [3.05, 3.63) is 59.4 Å². The Hall–Kier alpha value is -1.43. The number of nitrogens with zero attached hydrogens (tertiary/aromatic N) is 1. The minimum absolute atomic E-state index is 0.178. The maximum Gasteiger partial charge on any atom is 0.170 e. The molecule has 20 heavy (non-hydrogen) atoms. The Kier molecular flexibility index (Phi) is 6.13. The van der Waals surface area contributed by atoms with Crippen molar-refractivity contribution in [1.29, 1.82) is 0 Å². The van der Waals surface area contributed by atoms with Crippen molar-refractivity contribution in [2.75, 3.05) is 0 Å². The van der Waals surface area contributed by atoms with Crippen LogP contribution in [-0.4, -0.2) is 13.0 Å². The standard InChI is InChI=1S/C7H9ClN.C7H8O3S/c1-2-9-5-3-7(8)4-6-9;1-6-2-4-7(5-3-6)11(8,9)10/h3-6H,2H2,1H3;2-5H,1H3,(H,8,9,10)/q+1;/p-1. The van der Waals surface area contributed by atoms with Crippen molar-refractivity contribution < 1.29 is 17.5 Å². The summed E-state index contributed by atoms with van der Waals surface area (Å²) in [5, 5.41) is 0.791. The van der Waals surface area contributed by atoms with Gasteiger partial charge < -0.3 is 4.55 Å². The molecule has 0 spiro atoms. The summed E-state index contributed by atoms with van der Waals surface area (Å²) in [5.74, 6) is 0. The summed E-state index contributed by atoms with van der Waals surface area (Å²) in [6, 6.07) is 9.54. The molecule has 0 saturated carbocycles. The maximum atomic E-state index is 10.4. The van der Waals surface area contributed by atoms with E-state index in [-0.39, 0.29) is 4.90 Å². The molecule has 0 amide bonds. The molecule has 0 atom stereocenters. The van der Waals surface area contributed by atoms with Gasteiger partial charge in [0, 0.05) is 12.1 Å². The van der Waals surface area contributed by atoms with Gasteiger partial charge in [-0.05, 0) is 26.0 Å². The molecule has 0 N–H and O–H groups in total. The third kappa shape index (κ3) is 5.69. The third-order valence-corrected chi connectivity index (χ3v) is 3.63. The second-order valence-corrected chi connectivity index (χ2v) is 5.93. The van der Waals surface area contributed by atoms with Crippen molar-refractivity contribution in [3.63, 3.8) is 0 Å². The summed E-state index contributed by atoms with van der Waals surface area (Å²) in [6.07, 6.45) is 3.92. The molecule has 2 aromatic rings. The van der Waals surface area contributed by atoms with Crippen LogP contribution < -0.4 is 4.57 Å². The first-order chi connectivity index (χ1) is 9.32. The van der Waals surface area contributed by atoms with E-state index in [1.807, 2.05) is 31.5 Å². The Morgan fingerprint density at radius 3 is 2.00 bits per heavy atom. The van der Waals surface area contributed by atoms with Gasteiger partial charge in [-0.15, -0.1) is 0 Å². The Morgan fingerprint density at radius 2 is 1.60 bits per heavy atom. The first-order valence-corrected chi connectivity index (χ1v) is 7.78. The van der Waals surface area contributed by atoms with Crippen molar-refractivity contribution in [2.24, 2.45) is 0 Å². The topological polar surface area (TPSA) is 61.1 Å². The number of aromatic nitrogens is 1. The minimum Gasteiger partial charge on any atom is -0.744 e. The number of rotatable bonds is 2. The molecule has 0 fully saturated rings. The molecular formula is C14H16ClNO3S. The molecule has 1 aromatic heterocycles. The van der Waals surface area contributed by atoms with Gasteiger partial charge in [-0.2, -0.15) is 0 Å². The average Bonchev–Trinajstić information content (AvgIpc) is 2.40. The van der Waals surface area contributed by atoms with E-state index in [1.54, 1.807) is 12.1 Å². The van der Waals surface area contributed by atoms with E-state index >= 15 is 0 Å². The van der Waals surface area contributed by atoms with E-state index in [4.69, 9.17) is 11.6 Å². The molecule has 4 nitrogen and oxygen atoms in total. The summed E-state index contributed by atoms with van der Waals surface area (Å²) in [7, 11) is -4.27. The van der Waals surface area contributed by atoms with E-state index < -0.39 is 10.1 Å². The summed E-state index contributed by atoms with van der Waals surface area (Å²) in [5.41, 5.74) is 0.928. The largest absolute Gasteiger partial charge is 0.744 e. The minimum atomic E-state index is -4.27. The molecule has 2 rings (SSSR count). The molecule has 0 aliphatic heterocycles. The molecule has 1 heterocycles. The number of halogens is 1. The number of benzene rings is 1. The molecule has 108 valence electrons. The number of hydrogen-bond donors (Lipinski definition) is 0. The van der Waals surface area contributed by atoms with Crippen molar-refractivity contribution in [2.45, 2.75) is 25.3 Å². The molecule has 1 aromatic carbocycles. The highest BCUT2D eigenvalue weighted by atomic mass is 35.5. The smallest absolute Gasteiger partial charge is 0.170 e. The van der Waals surface area contributed by atoms with Gasteiger partial charge >= 0.3 is 0 Å². The van der Waals surface area contributed by atoms with Crippen LogP contribution in [0.5, 0.6) is 0 Å². The maximum absolute atomic E-state index is 10.4. The monoisotopic (exact) mass is 313 g/mol. The van der Waals surface area contributed by atoms with Crippen LogP contribution >= 0.6 is 11.6 Å². The van der Waals surface area contributed by atoms with E-state index in [1.165, 1.54) is 12.1 Å². The first-order valence-electron chi connectivity index (χ1n) is 6.00. The van der Waals surface area contributed by atoms with E-state index in [0.717, 1.165) is 17.1 Å². The molecule has 0 aliphatic rings. The highest BCUT2D eigenvalue weighted by Crippen LogP contribution is 2.08. The van der Waals surface area contributed by atoms with Crippen LogP contribution in [0.1, 0.15) is 12.5 Å². The van der Waals surface area contributed by atoms with Crippen LogP contribution in [0.3, 0.4) is 0 Å². The quantitative estimate of drug-likeness (QED) is 0.632. The molecule has 0 saturated heterocycles. The SMILES string of the molecule is CC[n+]1ccc(Cl)cc1.Cc1ccc(S(=O)(=O)[O-])cc1. The van der Waals surface area contributed by atoms with Crippen molar-refractivity contribution in [3.8, 4) is 0 Å². The van der Waals surface area contributed by atoms with Crippen LogP contribution in [0.4, 0.5) is 0 Å². The van der Waals surface area contributed by atoms with Crippen molar-refractivity contribution >= 4 is 21.7 Å². The van der Waals surface area contributed by atoms with Crippen LogP contribution in [0, 0.1) is 6.92 Å². The fraction of sp³-hybridized carbons (Fsp3) is 0.214. The Bertz CT molecular complexity index is 637. The number of aryl methyl sites for hydroxylation is 2. The number of hydrogen-bond acceptors (Lipinski definition) is 3. The highest BCUT2D eigenvalue weighted by Gasteiger charge is 1.97. The lowest BCUT2D eigenvalue weighted by atomic mass is 10.2. The lowest BCUT2D eigenvalue weighted by molar-refractivity contribution is -0.693. The van der Waals surface area contributed by atoms with E-state index in [9.17, 15) is 13.0 Å². The molecule has 6 heteroatoms. The molecule has 0 aliphatic carbocycles. The van der Waals surface area contributed by atoms with Gasteiger partial charge in [-0.1, -0.05) is 29.3 Å². The van der Waals surface area contributed by atoms with Gasteiger partial charge in [-0.3, -0.25) is 0 Å². The lowest BCUT2D eigenvalue weighted by Gasteiger charge is -2.05. The van der Waals surface area contributed by atoms with E-state index in [0.29, 0.717) is 0 Å². The molecule has 0 radical (unpaired) electrons. The first kappa shape index (κ1) is 16.6. The predicted molar refractivity (Wildman–Crippen MR) is 76.5 cm³/mol. The molecule has 0 unspecified atom stereocenters. The summed E-state index contributed by atoms with van der Waals surface area (Å²) in [6.45, 7) is 4.91. The summed E-state index contributed by atoms with van der Waals surface area (Å²) < 4.78 is 33.2. The lowest BCUT2D eigenvalue weighted by Crippen LogP contribution is -2.30. The van der Waals surface area contributed by atoms with Crippen molar-refractivity contribution in [1.82, 2.24) is 0 Å². The second kappa shape index (κ2) is 7.38. The Labute approximate surface area is 124 Å². The van der Waals surface area contributed by atoms with Crippen LogP contribution in [-0.2, 0) is 16.7 Å². The van der Waals surface area contributed by atoms with Gasteiger partial charge in [0.1, 0.15) is 16.7 Å². The van der Waals surface area contributed by atoms with Gasteiger partial charge in [0.25, 0.3) is 0 Å². The van der Waals surface area contributed by atoms with Crippen LogP contribution in [0.15, 0.2) is 53.7 Å². The number of pyridine rings is 1. The third-order valence-electron chi connectivity index (χ3n) is 2.53. The summed E-state index contributed by atoms with van der Waals surface area (Å²) >= 11 is 5.66. The van der Waals surface area contributed by atoms with E-state index in [2.05, 4.69) is 11.5 Å². The molecule has 0 bridgehead atoms. The zero-order chi connectivity index (χ0) is 15.2. The van der Waals surface area contributed by atoms with Gasteiger partial charge in [0.2, 0.25) is 0 Å². The van der Waals surface area contributed by atoms with Gasteiger partial charge in [0.15, 0.2) is 12.4 Å². The Morgan fingerprint density at radius 1 is 1.10 bits per heavy atom.